The lowest BCUT2D eigenvalue weighted by Crippen LogP contribution is -2.46. The molecule has 0 unspecified atom stereocenters. The van der Waals surface area contributed by atoms with Crippen molar-refractivity contribution < 1.29 is 52.8 Å². The average molecular weight is 625 g/mol. The second-order valence-electron chi connectivity index (χ2n) is 11.9. The normalized spacial score (nSPS) is 27.1. The van der Waals surface area contributed by atoms with Crippen LogP contribution in [0.3, 0.4) is 0 Å². The third-order valence-electron chi connectivity index (χ3n) is 8.75. The van der Waals surface area contributed by atoms with Gasteiger partial charge in [0.1, 0.15) is 6.10 Å². The molecular weight excluding hydrogens is 584 g/mol. The summed E-state index contributed by atoms with van der Waals surface area (Å²) in [6.45, 7) is 4.93. The Labute approximate surface area is 262 Å². The van der Waals surface area contributed by atoms with Crippen LogP contribution in [0.2, 0.25) is 0 Å². The minimum Gasteiger partial charge on any atom is -0.504 e. The molecule has 0 radical (unpaired) electrons. The van der Waals surface area contributed by atoms with Crippen LogP contribution in [0, 0.1) is 11.8 Å². The van der Waals surface area contributed by atoms with Crippen molar-refractivity contribution in [3.05, 3.63) is 65.2 Å². The maximum atomic E-state index is 10.2. The maximum Gasteiger partial charge on any atom is 0.204 e. The summed E-state index contributed by atoms with van der Waals surface area (Å²) in [7, 11) is 6.18. The van der Waals surface area contributed by atoms with Gasteiger partial charge in [-0.3, -0.25) is 0 Å². The molecule has 3 heterocycles. The molecule has 3 fully saturated rings. The van der Waals surface area contributed by atoms with Crippen LogP contribution in [0.5, 0.6) is 40.2 Å². The largest absolute Gasteiger partial charge is 0.504 e. The molecule has 0 amide bonds. The summed E-state index contributed by atoms with van der Waals surface area (Å²) < 4.78 is 53.9. The van der Waals surface area contributed by atoms with Gasteiger partial charge in [0.2, 0.25) is 5.75 Å². The third kappa shape index (κ3) is 5.93. The van der Waals surface area contributed by atoms with Gasteiger partial charge in [0, 0.05) is 11.8 Å². The topological polar surface area (TPSA) is 124 Å². The zero-order valence-electron chi connectivity index (χ0n) is 26.3. The van der Waals surface area contributed by atoms with E-state index < -0.39 is 18.0 Å². The van der Waals surface area contributed by atoms with Gasteiger partial charge in [0.05, 0.1) is 60.5 Å². The molecule has 45 heavy (non-hydrogen) atoms. The SMILES string of the molecule is COc1cc([C@@H]2OC[C@@H]3[C@H]2CO[C@H]3c2cc(OC)c(O[C@H]3COC(C)(C)O[C@H]3c3ccc(O)c(OC)c3)c(OC)c2)ccc1O. The molecule has 0 aromatic heterocycles. The van der Waals surface area contributed by atoms with Gasteiger partial charge in [0.25, 0.3) is 0 Å². The number of fused-ring (bicyclic) bond motifs is 1. The third-order valence-corrected chi connectivity index (χ3v) is 8.75. The van der Waals surface area contributed by atoms with Crippen LogP contribution in [-0.2, 0) is 18.9 Å². The fraction of sp³-hybridized carbons (Fsp3) is 0.471. The van der Waals surface area contributed by atoms with E-state index in [4.69, 9.17) is 42.6 Å². The summed E-state index contributed by atoms with van der Waals surface area (Å²) in [4.78, 5) is 0. The van der Waals surface area contributed by atoms with Crippen molar-refractivity contribution >= 4 is 0 Å². The van der Waals surface area contributed by atoms with Crippen molar-refractivity contribution in [2.75, 3.05) is 48.3 Å². The molecule has 0 saturated carbocycles. The molecule has 3 aliphatic heterocycles. The molecule has 0 aliphatic carbocycles. The van der Waals surface area contributed by atoms with Crippen LogP contribution in [-0.4, -0.2) is 70.4 Å². The Hall–Kier alpha value is -3.90. The van der Waals surface area contributed by atoms with Crippen molar-refractivity contribution in [2.24, 2.45) is 11.8 Å². The fourth-order valence-electron chi connectivity index (χ4n) is 6.47. The first-order valence-electron chi connectivity index (χ1n) is 14.9. The molecule has 3 saturated heterocycles. The predicted octanol–water partition coefficient (Wildman–Crippen LogP) is 5.48. The van der Waals surface area contributed by atoms with E-state index in [2.05, 4.69) is 0 Å². The molecule has 242 valence electrons. The Morgan fingerprint density at radius 2 is 1.09 bits per heavy atom. The Bertz CT molecular complexity index is 1500. The number of ether oxygens (including phenoxy) is 9. The van der Waals surface area contributed by atoms with Crippen molar-refractivity contribution in [3.63, 3.8) is 0 Å². The second-order valence-corrected chi connectivity index (χ2v) is 11.9. The highest BCUT2D eigenvalue weighted by Gasteiger charge is 2.49. The molecular formula is C34H40O11. The summed E-state index contributed by atoms with van der Waals surface area (Å²) in [6.07, 6.45) is -1.58. The smallest absolute Gasteiger partial charge is 0.204 e. The second kappa shape index (κ2) is 12.5. The average Bonchev–Trinajstić information content (AvgIpc) is 3.65. The summed E-state index contributed by atoms with van der Waals surface area (Å²) in [6, 6.07) is 14.2. The lowest BCUT2D eigenvalue weighted by Gasteiger charge is -2.41. The van der Waals surface area contributed by atoms with E-state index >= 15 is 0 Å². The zero-order chi connectivity index (χ0) is 31.9. The van der Waals surface area contributed by atoms with E-state index in [0.29, 0.717) is 42.0 Å². The zero-order valence-corrected chi connectivity index (χ0v) is 26.3. The minimum absolute atomic E-state index is 0.0297. The Morgan fingerprint density at radius 1 is 0.622 bits per heavy atom. The first-order valence-corrected chi connectivity index (χ1v) is 14.9. The van der Waals surface area contributed by atoms with Gasteiger partial charge in [-0.25, -0.2) is 0 Å². The Kier molecular flexibility index (Phi) is 8.62. The van der Waals surface area contributed by atoms with E-state index in [1.165, 1.54) is 14.2 Å². The van der Waals surface area contributed by atoms with Gasteiger partial charge in [0.15, 0.2) is 46.4 Å². The number of phenolic OH excluding ortho intramolecular Hbond substituents is 2. The van der Waals surface area contributed by atoms with E-state index in [1.807, 2.05) is 38.1 Å². The standard InChI is InChI=1S/C34H40O11/c1-34(2)43-17-29(32(45-34)19-8-10-24(36)26(12-19)38-4)44-33-27(39-5)13-20(14-28(33)40-6)31-22-16-41-30(21(22)15-42-31)18-7-9-23(35)25(11-18)37-3/h7-14,21-22,29-32,35-36H,15-17H2,1-6H3/t21-,22-,29+,30+,31+,32+/m1/s1. The van der Waals surface area contributed by atoms with Crippen LogP contribution >= 0.6 is 0 Å². The van der Waals surface area contributed by atoms with Crippen LogP contribution in [0.25, 0.3) is 0 Å². The van der Waals surface area contributed by atoms with Crippen LogP contribution in [0.15, 0.2) is 48.5 Å². The van der Waals surface area contributed by atoms with E-state index in [9.17, 15) is 10.2 Å². The van der Waals surface area contributed by atoms with E-state index in [-0.39, 0.29) is 42.1 Å². The molecule has 11 heteroatoms. The quantitative estimate of drug-likeness (QED) is 0.315. The lowest BCUT2D eigenvalue weighted by molar-refractivity contribution is -0.302. The highest BCUT2D eigenvalue weighted by Crippen LogP contribution is 2.53. The van der Waals surface area contributed by atoms with Gasteiger partial charge in [-0.1, -0.05) is 12.1 Å². The van der Waals surface area contributed by atoms with Crippen LogP contribution in [0.1, 0.15) is 48.8 Å². The number of hydrogen-bond acceptors (Lipinski definition) is 11. The molecule has 11 nitrogen and oxygen atoms in total. The first kappa shape index (κ1) is 31.1. The van der Waals surface area contributed by atoms with Gasteiger partial charge in [-0.2, -0.15) is 0 Å². The molecule has 3 aromatic carbocycles. The van der Waals surface area contributed by atoms with Crippen molar-refractivity contribution in [1.82, 2.24) is 0 Å². The first-order chi connectivity index (χ1) is 21.7. The van der Waals surface area contributed by atoms with E-state index in [1.54, 1.807) is 38.5 Å². The Balaban J connectivity index is 1.27. The number of phenols is 2. The van der Waals surface area contributed by atoms with E-state index in [0.717, 1.165) is 16.7 Å². The van der Waals surface area contributed by atoms with Gasteiger partial charge in [-0.05, 0) is 66.9 Å². The molecule has 3 aromatic rings. The minimum atomic E-state index is -0.865. The monoisotopic (exact) mass is 624 g/mol. The van der Waals surface area contributed by atoms with Gasteiger partial charge < -0.3 is 52.8 Å². The Morgan fingerprint density at radius 3 is 1.60 bits per heavy atom. The van der Waals surface area contributed by atoms with Gasteiger partial charge in [-0.15, -0.1) is 0 Å². The van der Waals surface area contributed by atoms with Crippen molar-refractivity contribution in [1.29, 1.82) is 0 Å². The van der Waals surface area contributed by atoms with Crippen molar-refractivity contribution in [3.8, 4) is 40.2 Å². The number of benzene rings is 3. The molecule has 6 atom stereocenters. The lowest BCUT2D eigenvalue weighted by atomic mass is 9.84. The molecule has 2 N–H and O–H groups in total. The number of hydrogen-bond donors (Lipinski definition) is 2. The number of methoxy groups -OCH3 is 4. The summed E-state index contributed by atoms with van der Waals surface area (Å²) in [5, 5.41) is 20.2. The number of aromatic hydroxyl groups is 2. The fourth-order valence-corrected chi connectivity index (χ4v) is 6.47. The maximum absolute atomic E-state index is 10.2. The van der Waals surface area contributed by atoms with Crippen molar-refractivity contribution in [2.45, 2.75) is 44.1 Å². The summed E-state index contributed by atoms with van der Waals surface area (Å²) in [5.41, 5.74) is 2.57. The highest BCUT2D eigenvalue weighted by molar-refractivity contribution is 5.55. The molecule has 6 rings (SSSR count). The van der Waals surface area contributed by atoms with Crippen LogP contribution < -0.4 is 23.7 Å². The highest BCUT2D eigenvalue weighted by atomic mass is 16.7. The number of rotatable bonds is 9. The molecule has 0 bridgehead atoms. The molecule has 0 spiro atoms. The summed E-state index contributed by atoms with van der Waals surface area (Å²) >= 11 is 0. The van der Waals surface area contributed by atoms with Gasteiger partial charge >= 0.3 is 0 Å². The van der Waals surface area contributed by atoms with Crippen LogP contribution in [0.4, 0.5) is 0 Å². The summed E-state index contributed by atoms with van der Waals surface area (Å²) in [5.74, 6) is 1.54. The molecule has 3 aliphatic rings. The predicted molar refractivity (Wildman–Crippen MR) is 162 cm³/mol.